The third-order valence-corrected chi connectivity index (χ3v) is 5.70. The highest BCUT2D eigenvalue weighted by Crippen LogP contribution is 2.23. The molecule has 3 aromatic rings. The molecule has 0 fully saturated rings. The third-order valence-electron chi connectivity index (χ3n) is 4.50. The highest BCUT2D eigenvalue weighted by Gasteiger charge is 2.17. The predicted octanol–water partition coefficient (Wildman–Crippen LogP) is 2.38. The minimum absolute atomic E-state index is 0.0287. The fourth-order valence-electron chi connectivity index (χ4n) is 2.73. The first-order chi connectivity index (χ1) is 14.2. The molecular formula is C20H22N4O5S. The molecule has 1 heterocycles. The molecule has 30 heavy (non-hydrogen) atoms. The van der Waals surface area contributed by atoms with E-state index in [2.05, 4.69) is 15.5 Å². The first kappa shape index (κ1) is 21.3. The second-order valence-corrected chi connectivity index (χ2v) is 8.67. The van der Waals surface area contributed by atoms with E-state index in [1.165, 1.54) is 13.1 Å². The first-order valence-corrected chi connectivity index (χ1v) is 10.8. The van der Waals surface area contributed by atoms with Crippen molar-refractivity contribution in [3.63, 3.8) is 0 Å². The molecule has 158 valence electrons. The molecule has 0 aliphatic heterocycles. The Balaban J connectivity index is 1.71. The number of anilines is 1. The van der Waals surface area contributed by atoms with E-state index in [4.69, 9.17) is 9.26 Å². The number of aryl methyl sites for hydroxylation is 1. The smallest absolute Gasteiger partial charge is 0.251 e. The van der Waals surface area contributed by atoms with Gasteiger partial charge in [-0.2, -0.15) is 4.98 Å². The van der Waals surface area contributed by atoms with Crippen LogP contribution in [0.1, 0.15) is 21.8 Å². The van der Waals surface area contributed by atoms with Gasteiger partial charge in [-0.25, -0.2) is 8.42 Å². The number of carbonyl (C=O) groups is 1. The Morgan fingerprint density at radius 1 is 1.23 bits per heavy atom. The summed E-state index contributed by atoms with van der Waals surface area (Å²) in [5.74, 6) is 0.896. The molecule has 1 aromatic heterocycles. The van der Waals surface area contributed by atoms with E-state index in [0.29, 0.717) is 22.8 Å². The predicted molar refractivity (Wildman–Crippen MR) is 112 cm³/mol. The van der Waals surface area contributed by atoms with Gasteiger partial charge in [0.1, 0.15) is 5.75 Å². The number of methoxy groups -OCH3 is 1. The number of nitrogens with one attached hydrogen (secondary N) is 1. The fourth-order valence-corrected chi connectivity index (χ4v) is 3.29. The largest absolute Gasteiger partial charge is 0.497 e. The molecule has 0 aliphatic rings. The van der Waals surface area contributed by atoms with Crippen molar-refractivity contribution in [3.05, 3.63) is 59.5 Å². The number of benzene rings is 2. The summed E-state index contributed by atoms with van der Waals surface area (Å²) in [7, 11) is -0.433. The van der Waals surface area contributed by atoms with E-state index < -0.39 is 10.0 Å². The van der Waals surface area contributed by atoms with Crippen LogP contribution in [0.15, 0.2) is 47.0 Å². The summed E-state index contributed by atoms with van der Waals surface area (Å²) in [5, 5.41) is 6.62. The molecule has 10 heteroatoms. The highest BCUT2D eigenvalue weighted by atomic mass is 32.2. The summed E-state index contributed by atoms with van der Waals surface area (Å²) in [6.45, 7) is 1.80. The van der Waals surface area contributed by atoms with Crippen LogP contribution in [-0.2, 0) is 16.6 Å². The Morgan fingerprint density at radius 2 is 2.00 bits per heavy atom. The van der Waals surface area contributed by atoms with Crippen LogP contribution in [0.4, 0.5) is 5.69 Å². The van der Waals surface area contributed by atoms with Gasteiger partial charge in [0, 0.05) is 18.2 Å². The zero-order valence-corrected chi connectivity index (χ0v) is 17.9. The molecule has 0 unspecified atom stereocenters. The van der Waals surface area contributed by atoms with Crippen molar-refractivity contribution in [2.24, 2.45) is 0 Å². The lowest BCUT2D eigenvalue weighted by atomic mass is 10.1. The fraction of sp³-hybridized carbons (Fsp3) is 0.250. The Kier molecular flexibility index (Phi) is 6.06. The topological polar surface area (TPSA) is 115 Å². The van der Waals surface area contributed by atoms with Crippen LogP contribution in [0.2, 0.25) is 0 Å². The first-order valence-electron chi connectivity index (χ1n) is 8.99. The summed E-state index contributed by atoms with van der Waals surface area (Å²) in [4.78, 5) is 16.8. The number of sulfonamides is 1. The minimum atomic E-state index is -3.45. The van der Waals surface area contributed by atoms with Crippen LogP contribution < -0.4 is 14.4 Å². The Bertz CT molecular complexity index is 1170. The highest BCUT2D eigenvalue weighted by molar-refractivity contribution is 7.92. The van der Waals surface area contributed by atoms with Crippen molar-refractivity contribution < 1.29 is 22.5 Å². The van der Waals surface area contributed by atoms with Crippen molar-refractivity contribution in [3.8, 4) is 17.1 Å². The summed E-state index contributed by atoms with van der Waals surface area (Å²) < 4.78 is 35.2. The van der Waals surface area contributed by atoms with Gasteiger partial charge in [0.05, 0.1) is 25.6 Å². The average Bonchev–Trinajstić information content (AvgIpc) is 3.20. The molecule has 1 N–H and O–H groups in total. The molecule has 3 rings (SSSR count). The number of amides is 1. The molecule has 0 radical (unpaired) electrons. The van der Waals surface area contributed by atoms with Crippen molar-refractivity contribution >= 4 is 21.6 Å². The van der Waals surface area contributed by atoms with Gasteiger partial charge in [-0.3, -0.25) is 9.10 Å². The van der Waals surface area contributed by atoms with Crippen LogP contribution in [0, 0.1) is 6.92 Å². The monoisotopic (exact) mass is 430 g/mol. The minimum Gasteiger partial charge on any atom is -0.497 e. The number of hydrogen-bond donors (Lipinski definition) is 1. The molecular weight excluding hydrogens is 408 g/mol. The molecule has 0 bridgehead atoms. The maximum atomic E-state index is 12.5. The molecule has 0 spiro atoms. The molecule has 0 saturated carbocycles. The zero-order valence-electron chi connectivity index (χ0n) is 17.0. The lowest BCUT2D eigenvalue weighted by Gasteiger charge is -2.19. The normalized spacial score (nSPS) is 11.2. The second kappa shape index (κ2) is 8.54. The van der Waals surface area contributed by atoms with E-state index in [9.17, 15) is 13.2 Å². The number of nitrogens with zero attached hydrogens (tertiary/aromatic N) is 3. The van der Waals surface area contributed by atoms with Crippen molar-refractivity contribution in [2.75, 3.05) is 24.7 Å². The van der Waals surface area contributed by atoms with Gasteiger partial charge in [-0.15, -0.1) is 0 Å². The lowest BCUT2D eigenvalue weighted by Crippen LogP contribution is -2.27. The molecule has 0 aliphatic carbocycles. The van der Waals surface area contributed by atoms with Gasteiger partial charge in [0.15, 0.2) is 0 Å². The van der Waals surface area contributed by atoms with Crippen LogP contribution in [0.5, 0.6) is 5.75 Å². The Morgan fingerprint density at radius 3 is 2.70 bits per heavy atom. The molecule has 1 amide bonds. The van der Waals surface area contributed by atoms with Crippen LogP contribution in [-0.4, -0.2) is 44.9 Å². The van der Waals surface area contributed by atoms with Gasteiger partial charge >= 0.3 is 0 Å². The quantitative estimate of drug-likeness (QED) is 0.612. The van der Waals surface area contributed by atoms with Gasteiger partial charge < -0.3 is 14.6 Å². The van der Waals surface area contributed by atoms with Crippen molar-refractivity contribution in [1.82, 2.24) is 15.5 Å². The van der Waals surface area contributed by atoms with Crippen LogP contribution in [0.3, 0.4) is 0 Å². The molecule has 9 nitrogen and oxygen atoms in total. The average molecular weight is 430 g/mol. The van der Waals surface area contributed by atoms with E-state index in [1.54, 1.807) is 32.2 Å². The van der Waals surface area contributed by atoms with Gasteiger partial charge in [0.25, 0.3) is 5.91 Å². The van der Waals surface area contributed by atoms with Gasteiger partial charge in [0.2, 0.25) is 21.7 Å². The zero-order chi connectivity index (χ0) is 21.9. The standard InChI is InChI=1S/C20H22N4O5S/c1-13-8-9-15(11-17(13)24(2)30(4,26)27)20(25)21-12-18-22-19(23-29-18)14-6-5-7-16(10-14)28-3/h5-11H,12H2,1-4H3,(H,21,25). The number of hydrogen-bond acceptors (Lipinski definition) is 7. The number of ether oxygens (including phenoxy) is 1. The van der Waals surface area contributed by atoms with E-state index in [1.807, 2.05) is 18.2 Å². The number of aromatic nitrogens is 2. The lowest BCUT2D eigenvalue weighted by molar-refractivity contribution is 0.0946. The number of carbonyl (C=O) groups excluding carboxylic acids is 1. The maximum Gasteiger partial charge on any atom is 0.251 e. The Hall–Kier alpha value is -3.40. The van der Waals surface area contributed by atoms with Crippen LogP contribution in [0.25, 0.3) is 11.4 Å². The third kappa shape index (κ3) is 4.77. The summed E-state index contributed by atoms with van der Waals surface area (Å²) >= 11 is 0. The summed E-state index contributed by atoms with van der Waals surface area (Å²) in [6, 6.07) is 12.1. The molecule has 2 aromatic carbocycles. The van der Waals surface area contributed by atoms with Crippen molar-refractivity contribution in [1.29, 1.82) is 0 Å². The maximum absolute atomic E-state index is 12.5. The summed E-state index contributed by atoms with van der Waals surface area (Å²) in [6.07, 6.45) is 1.11. The van der Waals surface area contributed by atoms with E-state index in [0.717, 1.165) is 21.7 Å². The Labute approximate surface area is 174 Å². The van der Waals surface area contributed by atoms with Crippen LogP contribution >= 0.6 is 0 Å². The molecule has 0 atom stereocenters. The van der Waals surface area contributed by atoms with Gasteiger partial charge in [-0.05, 0) is 36.8 Å². The SMILES string of the molecule is COc1cccc(-c2noc(CNC(=O)c3ccc(C)c(N(C)S(C)(=O)=O)c3)n2)c1. The van der Waals surface area contributed by atoms with E-state index >= 15 is 0 Å². The molecule has 0 saturated heterocycles. The van der Waals surface area contributed by atoms with E-state index in [-0.39, 0.29) is 18.3 Å². The van der Waals surface area contributed by atoms with Crippen molar-refractivity contribution in [2.45, 2.75) is 13.5 Å². The second-order valence-electron chi connectivity index (χ2n) is 6.66. The van der Waals surface area contributed by atoms with Gasteiger partial charge in [-0.1, -0.05) is 23.4 Å². The summed E-state index contributed by atoms with van der Waals surface area (Å²) in [5.41, 5.74) is 2.21. The number of rotatable bonds is 7.